The predicted octanol–water partition coefficient (Wildman–Crippen LogP) is 4.50. The Labute approximate surface area is 148 Å². The Kier molecular flexibility index (Phi) is 5.06. The standard InChI is InChI=1S/C19H16F2N2O3/c1-11(2)12-3-5-13(6-4-12)18-22-17(26-23-18)10-25-19(24)15-8-7-14(20)9-16(15)21/h3-9,11H,10H2,1-2H3. The minimum absolute atomic E-state index is 0.0730. The predicted molar refractivity (Wildman–Crippen MR) is 89.3 cm³/mol. The first-order chi connectivity index (χ1) is 12.4. The van der Waals surface area contributed by atoms with E-state index in [0.29, 0.717) is 17.8 Å². The van der Waals surface area contributed by atoms with Crippen LogP contribution in [0.1, 0.15) is 41.6 Å². The van der Waals surface area contributed by atoms with Gasteiger partial charge in [-0.2, -0.15) is 4.98 Å². The molecule has 1 aromatic heterocycles. The van der Waals surface area contributed by atoms with Gasteiger partial charge in [-0.05, 0) is 23.6 Å². The molecule has 0 atom stereocenters. The van der Waals surface area contributed by atoms with Crippen LogP contribution in [0.2, 0.25) is 0 Å². The second-order valence-electron chi connectivity index (χ2n) is 5.99. The maximum absolute atomic E-state index is 13.5. The zero-order valence-electron chi connectivity index (χ0n) is 14.2. The first-order valence-electron chi connectivity index (χ1n) is 7.99. The van der Waals surface area contributed by atoms with Crippen LogP contribution in [0, 0.1) is 11.6 Å². The molecule has 0 radical (unpaired) electrons. The number of aromatic nitrogens is 2. The van der Waals surface area contributed by atoms with Crippen LogP contribution in [0.25, 0.3) is 11.4 Å². The van der Waals surface area contributed by atoms with Gasteiger partial charge < -0.3 is 9.26 Å². The van der Waals surface area contributed by atoms with Crippen LogP contribution in [0.5, 0.6) is 0 Å². The molecule has 0 saturated carbocycles. The highest BCUT2D eigenvalue weighted by Crippen LogP contribution is 2.21. The van der Waals surface area contributed by atoms with Gasteiger partial charge in [-0.25, -0.2) is 13.6 Å². The number of esters is 1. The summed E-state index contributed by atoms with van der Waals surface area (Å²) < 4.78 is 36.4. The lowest BCUT2D eigenvalue weighted by Crippen LogP contribution is -2.08. The van der Waals surface area contributed by atoms with Gasteiger partial charge in [0.05, 0.1) is 5.56 Å². The Morgan fingerprint density at radius 2 is 1.88 bits per heavy atom. The molecule has 0 aliphatic carbocycles. The lowest BCUT2D eigenvalue weighted by molar-refractivity contribution is 0.0424. The van der Waals surface area contributed by atoms with Crippen LogP contribution in [0.4, 0.5) is 8.78 Å². The fourth-order valence-corrected chi connectivity index (χ4v) is 2.31. The topological polar surface area (TPSA) is 65.2 Å². The van der Waals surface area contributed by atoms with Gasteiger partial charge in [-0.3, -0.25) is 0 Å². The van der Waals surface area contributed by atoms with Crippen molar-refractivity contribution in [3.63, 3.8) is 0 Å². The lowest BCUT2D eigenvalue weighted by Gasteiger charge is -2.04. The molecule has 0 aliphatic heterocycles. The summed E-state index contributed by atoms with van der Waals surface area (Å²) in [4.78, 5) is 16.0. The Hall–Kier alpha value is -3.09. The van der Waals surface area contributed by atoms with Gasteiger partial charge in [0.25, 0.3) is 5.89 Å². The van der Waals surface area contributed by atoms with Crippen LogP contribution in [0.15, 0.2) is 47.0 Å². The number of carbonyl (C=O) groups is 1. The van der Waals surface area contributed by atoms with Crippen LogP contribution in [0.3, 0.4) is 0 Å². The highest BCUT2D eigenvalue weighted by Gasteiger charge is 2.16. The SMILES string of the molecule is CC(C)c1ccc(-c2noc(COC(=O)c3ccc(F)cc3F)n2)cc1. The zero-order valence-corrected chi connectivity index (χ0v) is 14.2. The minimum atomic E-state index is -0.994. The van der Waals surface area contributed by atoms with Crippen molar-refractivity contribution in [3.05, 3.63) is 71.1 Å². The van der Waals surface area contributed by atoms with Crippen LogP contribution < -0.4 is 0 Å². The fraction of sp³-hybridized carbons (Fsp3) is 0.211. The van der Waals surface area contributed by atoms with Crippen LogP contribution in [-0.4, -0.2) is 16.1 Å². The van der Waals surface area contributed by atoms with Gasteiger partial charge in [0.15, 0.2) is 6.61 Å². The summed E-state index contributed by atoms with van der Waals surface area (Å²) >= 11 is 0. The summed E-state index contributed by atoms with van der Waals surface area (Å²) in [5.74, 6) is -1.86. The Bertz CT molecular complexity index is 921. The smallest absolute Gasteiger partial charge is 0.341 e. The van der Waals surface area contributed by atoms with Crippen molar-refractivity contribution in [2.24, 2.45) is 0 Å². The Balaban J connectivity index is 1.66. The maximum Gasteiger partial charge on any atom is 0.341 e. The molecule has 5 nitrogen and oxygen atoms in total. The van der Waals surface area contributed by atoms with E-state index in [1.165, 1.54) is 5.56 Å². The molecule has 134 valence electrons. The van der Waals surface area contributed by atoms with E-state index in [4.69, 9.17) is 9.26 Å². The van der Waals surface area contributed by atoms with Crippen molar-refractivity contribution in [1.82, 2.24) is 10.1 Å². The van der Waals surface area contributed by atoms with Gasteiger partial charge in [0.1, 0.15) is 11.6 Å². The third-order valence-electron chi connectivity index (χ3n) is 3.78. The summed E-state index contributed by atoms with van der Waals surface area (Å²) in [7, 11) is 0. The van der Waals surface area contributed by atoms with E-state index in [2.05, 4.69) is 24.0 Å². The Morgan fingerprint density at radius 3 is 2.54 bits per heavy atom. The summed E-state index contributed by atoms with van der Waals surface area (Å²) in [5.41, 5.74) is 1.59. The number of ether oxygens (including phenoxy) is 1. The van der Waals surface area contributed by atoms with E-state index in [1.807, 2.05) is 24.3 Å². The number of hydrogen-bond acceptors (Lipinski definition) is 5. The maximum atomic E-state index is 13.5. The molecule has 3 aromatic rings. The molecule has 0 bridgehead atoms. The molecule has 0 unspecified atom stereocenters. The van der Waals surface area contributed by atoms with E-state index < -0.39 is 17.6 Å². The molecule has 0 N–H and O–H groups in total. The molecule has 0 saturated heterocycles. The summed E-state index contributed by atoms with van der Waals surface area (Å²) in [6, 6.07) is 10.3. The monoisotopic (exact) mass is 358 g/mol. The summed E-state index contributed by atoms with van der Waals surface area (Å²) in [6.07, 6.45) is 0. The number of nitrogens with zero attached hydrogens (tertiary/aromatic N) is 2. The highest BCUT2D eigenvalue weighted by molar-refractivity contribution is 5.89. The van der Waals surface area contributed by atoms with Crippen molar-refractivity contribution in [1.29, 1.82) is 0 Å². The third-order valence-corrected chi connectivity index (χ3v) is 3.78. The third kappa shape index (κ3) is 3.93. The average Bonchev–Trinajstić information content (AvgIpc) is 3.09. The second-order valence-corrected chi connectivity index (χ2v) is 5.99. The molecule has 3 rings (SSSR count). The van der Waals surface area contributed by atoms with E-state index in [-0.39, 0.29) is 18.1 Å². The molecule has 0 aliphatic rings. The quantitative estimate of drug-likeness (QED) is 0.629. The molecular weight excluding hydrogens is 342 g/mol. The lowest BCUT2D eigenvalue weighted by atomic mass is 10.0. The van der Waals surface area contributed by atoms with Gasteiger partial charge in [-0.15, -0.1) is 0 Å². The number of benzene rings is 2. The van der Waals surface area contributed by atoms with Crippen molar-refractivity contribution in [3.8, 4) is 11.4 Å². The summed E-state index contributed by atoms with van der Waals surface area (Å²) in [6.45, 7) is 3.88. The first-order valence-corrected chi connectivity index (χ1v) is 7.99. The number of rotatable bonds is 5. The molecule has 0 amide bonds. The molecular formula is C19H16F2N2O3. The molecule has 0 fully saturated rings. The highest BCUT2D eigenvalue weighted by atomic mass is 19.1. The number of carbonyl (C=O) groups excluding carboxylic acids is 1. The zero-order chi connectivity index (χ0) is 18.7. The van der Waals surface area contributed by atoms with Crippen molar-refractivity contribution < 1.29 is 22.8 Å². The molecule has 0 spiro atoms. The van der Waals surface area contributed by atoms with Gasteiger partial charge in [-0.1, -0.05) is 43.3 Å². The summed E-state index contributed by atoms with van der Waals surface area (Å²) in [5, 5.41) is 3.84. The molecule has 7 heteroatoms. The van der Waals surface area contributed by atoms with Gasteiger partial charge in [0, 0.05) is 11.6 Å². The second kappa shape index (κ2) is 7.43. The average molecular weight is 358 g/mol. The Morgan fingerprint density at radius 1 is 1.15 bits per heavy atom. The van der Waals surface area contributed by atoms with E-state index in [0.717, 1.165) is 17.7 Å². The van der Waals surface area contributed by atoms with Crippen molar-refractivity contribution in [2.45, 2.75) is 26.4 Å². The number of halogens is 2. The van der Waals surface area contributed by atoms with E-state index in [9.17, 15) is 13.6 Å². The fourth-order valence-electron chi connectivity index (χ4n) is 2.31. The van der Waals surface area contributed by atoms with Crippen molar-refractivity contribution in [2.75, 3.05) is 0 Å². The molecule has 1 heterocycles. The minimum Gasteiger partial charge on any atom is -0.452 e. The molecule has 26 heavy (non-hydrogen) atoms. The van der Waals surface area contributed by atoms with Crippen LogP contribution in [-0.2, 0) is 11.3 Å². The largest absolute Gasteiger partial charge is 0.452 e. The van der Waals surface area contributed by atoms with E-state index >= 15 is 0 Å². The van der Waals surface area contributed by atoms with Gasteiger partial charge in [0.2, 0.25) is 5.82 Å². The first kappa shape index (κ1) is 17.7. The van der Waals surface area contributed by atoms with Crippen molar-refractivity contribution >= 4 is 5.97 Å². The van der Waals surface area contributed by atoms with E-state index in [1.54, 1.807) is 0 Å². The number of hydrogen-bond donors (Lipinski definition) is 0. The normalized spacial score (nSPS) is 11.0. The molecule has 2 aromatic carbocycles. The van der Waals surface area contributed by atoms with Gasteiger partial charge >= 0.3 is 5.97 Å². The van der Waals surface area contributed by atoms with Crippen LogP contribution >= 0.6 is 0 Å².